The number of ether oxygens (including phenoxy) is 1. The van der Waals surface area contributed by atoms with Crippen molar-refractivity contribution in [2.24, 2.45) is 5.73 Å². The highest BCUT2D eigenvalue weighted by Crippen LogP contribution is 2.31. The van der Waals surface area contributed by atoms with Crippen molar-refractivity contribution in [1.29, 1.82) is 0 Å². The van der Waals surface area contributed by atoms with Gasteiger partial charge in [0, 0.05) is 12.1 Å². The van der Waals surface area contributed by atoms with Crippen LogP contribution in [0.3, 0.4) is 0 Å². The first-order valence-corrected chi connectivity index (χ1v) is 5.15. The van der Waals surface area contributed by atoms with Crippen LogP contribution in [0, 0.1) is 5.82 Å². The van der Waals surface area contributed by atoms with Gasteiger partial charge in [-0.1, -0.05) is 12.1 Å². The van der Waals surface area contributed by atoms with Gasteiger partial charge in [0.05, 0.1) is 12.7 Å². The maximum atomic E-state index is 12.8. The average Bonchev–Trinajstić information content (AvgIpc) is 2.71. The van der Waals surface area contributed by atoms with Crippen LogP contribution in [0.2, 0.25) is 0 Å². The van der Waals surface area contributed by atoms with Gasteiger partial charge in [-0.3, -0.25) is 0 Å². The Hall–Kier alpha value is -2.10. The highest BCUT2D eigenvalue weighted by atomic mass is 19.1. The Morgan fingerprint density at radius 2 is 2.00 bits per heavy atom. The van der Waals surface area contributed by atoms with E-state index < -0.39 is 5.97 Å². The van der Waals surface area contributed by atoms with Crippen LogP contribution in [0.15, 0.2) is 41.6 Å². The second-order valence-electron chi connectivity index (χ2n) is 3.78. The Bertz CT molecular complexity index is 515. The van der Waals surface area contributed by atoms with Crippen LogP contribution >= 0.6 is 0 Å². The number of rotatable bonds is 2. The zero-order chi connectivity index (χ0) is 12.4. The molecule has 0 atom stereocenters. The monoisotopic (exact) mass is 233 g/mol. The number of methoxy groups -OCH3 is 1. The number of esters is 1. The van der Waals surface area contributed by atoms with E-state index >= 15 is 0 Å². The Balaban J connectivity index is 2.22. The zero-order valence-corrected chi connectivity index (χ0v) is 9.37. The largest absolute Gasteiger partial charge is 0.466 e. The average molecular weight is 233 g/mol. The van der Waals surface area contributed by atoms with E-state index in [0.717, 1.165) is 11.1 Å². The zero-order valence-electron chi connectivity index (χ0n) is 9.37. The number of carbonyl (C=O) groups is 1. The molecule has 2 N–H and O–H groups in total. The van der Waals surface area contributed by atoms with Crippen molar-refractivity contribution in [3.63, 3.8) is 0 Å². The maximum Gasteiger partial charge on any atom is 0.336 e. The van der Waals surface area contributed by atoms with Crippen molar-refractivity contribution in [3.8, 4) is 0 Å². The molecule has 0 fully saturated rings. The summed E-state index contributed by atoms with van der Waals surface area (Å²) in [5, 5.41) is 0. The van der Waals surface area contributed by atoms with Gasteiger partial charge in [0.25, 0.3) is 0 Å². The second kappa shape index (κ2) is 4.41. The van der Waals surface area contributed by atoms with Crippen LogP contribution in [0.5, 0.6) is 0 Å². The first kappa shape index (κ1) is 11.4. The number of nitrogens with two attached hydrogens (primary N) is 1. The summed E-state index contributed by atoms with van der Waals surface area (Å²) in [6.45, 7) is 0. The van der Waals surface area contributed by atoms with E-state index in [4.69, 9.17) is 5.73 Å². The summed E-state index contributed by atoms with van der Waals surface area (Å²) in [6.07, 6.45) is 2.14. The van der Waals surface area contributed by atoms with E-state index in [1.54, 1.807) is 18.2 Å². The molecule has 0 bridgehead atoms. The fraction of sp³-hybridized carbons (Fsp3) is 0.154. The summed E-state index contributed by atoms with van der Waals surface area (Å²) in [4.78, 5) is 11.4. The van der Waals surface area contributed by atoms with Crippen LogP contribution < -0.4 is 5.73 Å². The Morgan fingerprint density at radius 3 is 2.59 bits per heavy atom. The smallest absolute Gasteiger partial charge is 0.336 e. The number of allylic oxidation sites excluding steroid dienone is 2. The summed E-state index contributed by atoms with van der Waals surface area (Å²) < 4.78 is 17.4. The first-order chi connectivity index (χ1) is 8.11. The van der Waals surface area contributed by atoms with Gasteiger partial charge in [0.1, 0.15) is 5.82 Å². The van der Waals surface area contributed by atoms with E-state index in [9.17, 15) is 9.18 Å². The number of halogens is 1. The van der Waals surface area contributed by atoms with Crippen molar-refractivity contribution in [1.82, 2.24) is 0 Å². The molecule has 0 amide bonds. The number of hydrogen-bond acceptors (Lipinski definition) is 3. The van der Waals surface area contributed by atoms with Gasteiger partial charge in [-0.05, 0) is 29.3 Å². The van der Waals surface area contributed by atoms with Gasteiger partial charge < -0.3 is 10.5 Å². The lowest BCUT2D eigenvalue weighted by Gasteiger charge is -2.04. The number of hydrogen-bond donors (Lipinski definition) is 1. The summed E-state index contributed by atoms with van der Waals surface area (Å²) >= 11 is 0. The summed E-state index contributed by atoms with van der Waals surface area (Å²) in [5.74, 6) is -0.711. The molecule has 0 radical (unpaired) electrons. The number of carbonyl (C=O) groups excluding carboxylic acids is 1. The fourth-order valence-corrected chi connectivity index (χ4v) is 1.78. The lowest BCUT2D eigenvalue weighted by atomic mass is 10.0. The van der Waals surface area contributed by atoms with E-state index in [2.05, 4.69) is 4.74 Å². The molecule has 88 valence electrons. The lowest BCUT2D eigenvalue weighted by Crippen LogP contribution is -2.08. The van der Waals surface area contributed by atoms with Gasteiger partial charge in [0.2, 0.25) is 0 Å². The SMILES string of the molecule is COC(=O)C1=C(N)C=C(c2ccc(F)cc2)C1. The Labute approximate surface area is 98.4 Å². The van der Waals surface area contributed by atoms with Gasteiger partial charge in [-0.25, -0.2) is 9.18 Å². The van der Waals surface area contributed by atoms with Gasteiger partial charge >= 0.3 is 5.97 Å². The van der Waals surface area contributed by atoms with E-state index in [-0.39, 0.29) is 5.82 Å². The van der Waals surface area contributed by atoms with Crippen molar-refractivity contribution >= 4 is 11.5 Å². The Kier molecular flexibility index (Phi) is 2.95. The van der Waals surface area contributed by atoms with Crippen LogP contribution in [0.25, 0.3) is 5.57 Å². The molecule has 0 spiro atoms. The molecular weight excluding hydrogens is 221 g/mol. The van der Waals surface area contributed by atoms with Gasteiger partial charge in [0.15, 0.2) is 0 Å². The molecule has 17 heavy (non-hydrogen) atoms. The molecule has 0 aliphatic heterocycles. The van der Waals surface area contributed by atoms with Crippen LogP contribution in [-0.2, 0) is 9.53 Å². The third-order valence-corrected chi connectivity index (χ3v) is 2.69. The summed E-state index contributed by atoms with van der Waals surface area (Å²) in [6, 6.07) is 6.08. The topological polar surface area (TPSA) is 52.3 Å². The molecule has 1 aliphatic rings. The molecule has 0 saturated carbocycles. The third kappa shape index (κ3) is 2.20. The number of benzene rings is 1. The first-order valence-electron chi connectivity index (χ1n) is 5.15. The molecule has 2 rings (SSSR count). The Morgan fingerprint density at radius 1 is 1.35 bits per heavy atom. The predicted octanol–water partition coefficient (Wildman–Crippen LogP) is 2.00. The molecule has 4 heteroatoms. The van der Waals surface area contributed by atoms with Crippen molar-refractivity contribution in [2.75, 3.05) is 7.11 Å². The summed E-state index contributed by atoms with van der Waals surface area (Å²) in [5.41, 5.74) is 8.35. The standard InChI is InChI=1S/C13H12FNO2/c1-17-13(16)11-6-9(7-12(11)15)8-2-4-10(14)5-3-8/h2-5,7H,6,15H2,1H3. The normalized spacial score (nSPS) is 14.8. The minimum absolute atomic E-state index is 0.290. The second-order valence-corrected chi connectivity index (χ2v) is 3.78. The van der Waals surface area contributed by atoms with Crippen LogP contribution in [0.1, 0.15) is 12.0 Å². The van der Waals surface area contributed by atoms with E-state index in [0.29, 0.717) is 17.7 Å². The lowest BCUT2D eigenvalue weighted by molar-refractivity contribution is -0.136. The highest BCUT2D eigenvalue weighted by molar-refractivity contribution is 5.95. The molecule has 3 nitrogen and oxygen atoms in total. The van der Waals surface area contributed by atoms with Crippen LogP contribution in [-0.4, -0.2) is 13.1 Å². The fourth-order valence-electron chi connectivity index (χ4n) is 1.78. The van der Waals surface area contributed by atoms with Crippen molar-refractivity contribution in [2.45, 2.75) is 6.42 Å². The van der Waals surface area contributed by atoms with E-state index in [1.807, 2.05) is 0 Å². The molecule has 0 unspecified atom stereocenters. The third-order valence-electron chi connectivity index (χ3n) is 2.69. The molecule has 1 aromatic carbocycles. The predicted molar refractivity (Wildman–Crippen MR) is 62.2 cm³/mol. The minimum atomic E-state index is -0.420. The molecule has 1 aliphatic carbocycles. The molecule has 1 aromatic rings. The van der Waals surface area contributed by atoms with Crippen LogP contribution in [0.4, 0.5) is 4.39 Å². The molecule has 0 saturated heterocycles. The van der Waals surface area contributed by atoms with Gasteiger partial charge in [-0.15, -0.1) is 0 Å². The highest BCUT2D eigenvalue weighted by Gasteiger charge is 2.21. The molecular formula is C13H12FNO2. The quantitative estimate of drug-likeness (QED) is 0.795. The minimum Gasteiger partial charge on any atom is -0.466 e. The summed E-state index contributed by atoms with van der Waals surface area (Å²) in [7, 11) is 1.32. The van der Waals surface area contributed by atoms with E-state index in [1.165, 1.54) is 19.2 Å². The van der Waals surface area contributed by atoms with Gasteiger partial charge in [-0.2, -0.15) is 0 Å². The molecule has 0 heterocycles. The van der Waals surface area contributed by atoms with Crippen molar-refractivity contribution in [3.05, 3.63) is 53.0 Å². The maximum absolute atomic E-state index is 12.8. The van der Waals surface area contributed by atoms with Crippen molar-refractivity contribution < 1.29 is 13.9 Å². The molecule has 0 aromatic heterocycles.